The van der Waals surface area contributed by atoms with Gasteiger partial charge in [0.2, 0.25) is 0 Å². The summed E-state index contributed by atoms with van der Waals surface area (Å²) in [7, 11) is 0. The van der Waals surface area contributed by atoms with Gasteiger partial charge in [0, 0.05) is 11.4 Å². The fourth-order valence-electron chi connectivity index (χ4n) is 1.38. The van der Waals surface area contributed by atoms with Crippen molar-refractivity contribution >= 4 is 17.5 Å². The van der Waals surface area contributed by atoms with Crippen LogP contribution in [0.2, 0.25) is 0 Å². The molecule has 1 aromatic carbocycles. The van der Waals surface area contributed by atoms with Crippen LogP contribution in [-0.2, 0) is 5.88 Å². The number of rotatable bonds is 5. The highest BCUT2D eigenvalue weighted by atomic mass is 35.5. The zero-order valence-corrected chi connectivity index (χ0v) is 10.9. The average Bonchev–Trinajstić information content (AvgIpc) is 2.38. The Kier molecular flexibility index (Phi) is 4.97. The molecule has 0 aliphatic carbocycles. The lowest BCUT2D eigenvalue weighted by molar-refractivity contribution is 0.0847. The van der Waals surface area contributed by atoms with Crippen molar-refractivity contribution in [3.05, 3.63) is 35.4 Å². The summed E-state index contributed by atoms with van der Waals surface area (Å²) in [6, 6.07) is 7.17. The number of nitrogens with one attached hydrogen (secondary N) is 1. The molecule has 0 heterocycles. The summed E-state index contributed by atoms with van der Waals surface area (Å²) in [4.78, 5) is 12.0. The van der Waals surface area contributed by atoms with E-state index in [1.807, 2.05) is 19.9 Å². The van der Waals surface area contributed by atoms with Crippen LogP contribution in [-0.4, -0.2) is 23.2 Å². The van der Waals surface area contributed by atoms with Crippen molar-refractivity contribution in [2.45, 2.75) is 31.7 Å². The summed E-state index contributed by atoms with van der Waals surface area (Å²) in [6.45, 7) is 3.66. The second-order valence-electron chi connectivity index (χ2n) is 4.36. The molecule has 1 atom stereocenters. The van der Waals surface area contributed by atoms with Gasteiger partial charge in [-0.15, -0.1) is 11.6 Å². The number of alkyl halides is 1. The van der Waals surface area contributed by atoms with Gasteiger partial charge >= 0.3 is 0 Å². The molecule has 0 spiro atoms. The number of amides is 1. The summed E-state index contributed by atoms with van der Waals surface area (Å²) in [6.07, 6.45) is 0.671. The first-order chi connectivity index (χ1) is 8.04. The van der Waals surface area contributed by atoms with Gasteiger partial charge < -0.3 is 10.4 Å². The Morgan fingerprint density at radius 2 is 2.24 bits per heavy atom. The van der Waals surface area contributed by atoms with E-state index in [4.69, 9.17) is 11.6 Å². The van der Waals surface area contributed by atoms with E-state index in [1.165, 1.54) is 0 Å². The molecule has 1 amide bonds. The van der Waals surface area contributed by atoms with E-state index in [0.717, 1.165) is 5.56 Å². The molecule has 2 N–H and O–H groups in total. The minimum absolute atomic E-state index is 0.0789. The number of aliphatic hydroxyl groups excluding tert-OH is 1. The maximum atomic E-state index is 12.0. The third kappa shape index (κ3) is 3.72. The first-order valence-corrected chi connectivity index (χ1v) is 6.16. The molecule has 0 saturated carbocycles. The number of carbonyl (C=O) groups excluding carboxylic acids is 1. The number of hydrogen-bond acceptors (Lipinski definition) is 2. The fraction of sp³-hybridized carbons (Fsp3) is 0.462. The van der Waals surface area contributed by atoms with Gasteiger partial charge in [-0.3, -0.25) is 4.79 Å². The van der Waals surface area contributed by atoms with E-state index in [1.54, 1.807) is 18.2 Å². The number of halogens is 1. The molecule has 94 valence electrons. The van der Waals surface area contributed by atoms with Gasteiger partial charge in [0.1, 0.15) is 0 Å². The molecular weight excluding hydrogens is 238 g/mol. The van der Waals surface area contributed by atoms with Crippen molar-refractivity contribution in [1.29, 1.82) is 0 Å². The zero-order chi connectivity index (χ0) is 12.9. The summed E-state index contributed by atoms with van der Waals surface area (Å²) >= 11 is 5.72. The second-order valence-corrected chi connectivity index (χ2v) is 4.63. The smallest absolute Gasteiger partial charge is 0.251 e. The van der Waals surface area contributed by atoms with Crippen LogP contribution in [0, 0.1) is 0 Å². The molecular formula is C13H18ClNO2. The first-order valence-electron chi connectivity index (χ1n) is 5.63. The van der Waals surface area contributed by atoms with Crippen LogP contribution in [0.15, 0.2) is 24.3 Å². The van der Waals surface area contributed by atoms with Crippen LogP contribution in [0.1, 0.15) is 36.2 Å². The normalized spacial score (nSPS) is 14.1. The summed E-state index contributed by atoms with van der Waals surface area (Å²) < 4.78 is 0. The molecule has 0 aliphatic rings. The van der Waals surface area contributed by atoms with Crippen LogP contribution in [0.25, 0.3) is 0 Å². The molecule has 17 heavy (non-hydrogen) atoms. The number of aliphatic hydroxyl groups is 1. The van der Waals surface area contributed by atoms with Gasteiger partial charge in [-0.2, -0.15) is 0 Å². The molecule has 4 heteroatoms. The highest BCUT2D eigenvalue weighted by molar-refractivity contribution is 6.17. The first kappa shape index (κ1) is 14.0. The van der Waals surface area contributed by atoms with Gasteiger partial charge in [-0.05, 0) is 31.0 Å². The van der Waals surface area contributed by atoms with Crippen LogP contribution >= 0.6 is 11.6 Å². The minimum Gasteiger partial charge on any atom is -0.394 e. The van der Waals surface area contributed by atoms with Crippen LogP contribution in [0.3, 0.4) is 0 Å². The topological polar surface area (TPSA) is 49.3 Å². The van der Waals surface area contributed by atoms with E-state index in [-0.39, 0.29) is 12.5 Å². The van der Waals surface area contributed by atoms with E-state index in [9.17, 15) is 9.90 Å². The molecule has 1 unspecified atom stereocenters. The molecule has 3 nitrogen and oxygen atoms in total. The van der Waals surface area contributed by atoms with Crippen molar-refractivity contribution in [1.82, 2.24) is 5.32 Å². The fourth-order valence-corrected chi connectivity index (χ4v) is 1.55. The maximum absolute atomic E-state index is 12.0. The van der Waals surface area contributed by atoms with Crippen molar-refractivity contribution in [3.8, 4) is 0 Å². The SMILES string of the molecule is CCC(C)(CO)NC(=O)c1cccc(CCl)c1. The lowest BCUT2D eigenvalue weighted by Crippen LogP contribution is -2.48. The molecule has 1 rings (SSSR count). The summed E-state index contributed by atoms with van der Waals surface area (Å²) in [5, 5.41) is 12.1. The third-order valence-electron chi connectivity index (χ3n) is 2.89. The largest absolute Gasteiger partial charge is 0.394 e. The molecule has 0 bridgehead atoms. The molecule has 0 aromatic heterocycles. The van der Waals surface area contributed by atoms with Gasteiger partial charge in [-0.25, -0.2) is 0 Å². The summed E-state index contributed by atoms with van der Waals surface area (Å²) in [5.41, 5.74) is 0.895. The Bertz CT molecular complexity index is 389. The van der Waals surface area contributed by atoms with Gasteiger partial charge in [-0.1, -0.05) is 19.1 Å². The number of hydrogen-bond donors (Lipinski definition) is 2. The van der Waals surface area contributed by atoms with Crippen LogP contribution in [0.4, 0.5) is 0 Å². The Balaban J connectivity index is 2.82. The van der Waals surface area contributed by atoms with Gasteiger partial charge in [0.25, 0.3) is 5.91 Å². The quantitative estimate of drug-likeness (QED) is 0.794. The molecule has 0 radical (unpaired) electrons. The predicted octanol–water partition coefficient (Wildman–Crippen LogP) is 2.32. The molecule has 0 fully saturated rings. The van der Waals surface area contributed by atoms with E-state index < -0.39 is 5.54 Å². The van der Waals surface area contributed by atoms with E-state index in [2.05, 4.69) is 5.32 Å². The highest BCUT2D eigenvalue weighted by Crippen LogP contribution is 2.12. The van der Waals surface area contributed by atoms with Crippen LogP contribution in [0.5, 0.6) is 0 Å². The Hall–Kier alpha value is -1.06. The highest BCUT2D eigenvalue weighted by Gasteiger charge is 2.23. The standard InChI is InChI=1S/C13H18ClNO2/c1-3-13(2,9-16)15-12(17)11-6-4-5-10(7-11)8-14/h4-7,16H,3,8-9H2,1-2H3,(H,15,17). The van der Waals surface area contributed by atoms with Crippen molar-refractivity contribution < 1.29 is 9.90 Å². The third-order valence-corrected chi connectivity index (χ3v) is 3.20. The monoisotopic (exact) mass is 255 g/mol. The lowest BCUT2D eigenvalue weighted by atomic mass is 9.99. The van der Waals surface area contributed by atoms with Crippen molar-refractivity contribution in [2.75, 3.05) is 6.61 Å². The van der Waals surface area contributed by atoms with Gasteiger partial charge in [0.15, 0.2) is 0 Å². The zero-order valence-electron chi connectivity index (χ0n) is 10.2. The number of benzene rings is 1. The predicted molar refractivity (Wildman–Crippen MR) is 69.2 cm³/mol. The lowest BCUT2D eigenvalue weighted by Gasteiger charge is -2.27. The van der Waals surface area contributed by atoms with E-state index in [0.29, 0.717) is 17.9 Å². The van der Waals surface area contributed by atoms with Crippen LogP contribution < -0.4 is 5.32 Å². The molecule has 0 saturated heterocycles. The number of carbonyl (C=O) groups is 1. The Morgan fingerprint density at radius 1 is 1.53 bits per heavy atom. The second kappa shape index (κ2) is 6.03. The molecule has 0 aliphatic heterocycles. The summed E-state index contributed by atoms with van der Waals surface area (Å²) in [5.74, 6) is 0.196. The Morgan fingerprint density at radius 3 is 2.76 bits per heavy atom. The van der Waals surface area contributed by atoms with E-state index >= 15 is 0 Å². The van der Waals surface area contributed by atoms with Gasteiger partial charge in [0.05, 0.1) is 12.1 Å². The van der Waals surface area contributed by atoms with Crippen molar-refractivity contribution in [3.63, 3.8) is 0 Å². The van der Waals surface area contributed by atoms with Crippen molar-refractivity contribution in [2.24, 2.45) is 0 Å². The molecule has 1 aromatic rings. The Labute approximate surface area is 107 Å². The average molecular weight is 256 g/mol. The maximum Gasteiger partial charge on any atom is 0.251 e. The minimum atomic E-state index is -0.575.